The van der Waals surface area contributed by atoms with Gasteiger partial charge in [0, 0.05) is 18.2 Å². The average molecular weight is 566 g/mol. The molecule has 3 heterocycles. The van der Waals surface area contributed by atoms with Crippen molar-refractivity contribution in [1.82, 2.24) is 29.5 Å². The lowest BCUT2D eigenvalue weighted by molar-refractivity contribution is 0.313. The number of rotatable bonds is 10. The van der Waals surface area contributed by atoms with Crippen molar-refractivity contribution in [3.8, 4) is 17.3 Å². The molecule has 2 aliphatic carbocycles. The molecule has 14 heteroatoms. The summed E-state index contributed by atoms with van der Waals surface area (Å²) in [6.45, 7) is 6.55. The van der Waals surface area contributed by atoms with Crippen molar-refractivity contribution < 1.29 is 13.2 Å². The van der Waals surface area contributed by atoms with Gasteiger partial charge in [0.25, 0.3) is 5.56 Å². The van der Waals surface area contributed by atoms with E-state index in [1.54, 1.807) is 24.8 Å². The van der Waals surface area contributed by atoms with Crippen LogP contribution in [-0.2, 0) is 9.84 Å². The summed E-state index contributed by atoms with van der Waals surface area (Å²) in [6, 6.07) is -0.0198. The van der Waals surface area contributed by atoms with E-state index >= 15 is 0 Å². The molecule has 0 aromatic carbocycles. The van der Waals surface area contributed by atoms with E-state index < -0.39 is 9.84 Å². The molecule has 2 saturated carbocycles. The van der Waals surface area contributed by atoms with Crippen molar-refractivity contribution in [1.29, 1.82) is 0 Å². The molecule has 0 bridgehead atoms. The standard InChI is InChI=1S/C26H31N9O4S/c1-5-40(37,38)15(2)11-28-19(27-3)13-30-23-26(36)35(17-7-6-8-17)24-18(33-23)12-29-22(34-24)20-21(16-9-10-16)31-14-32-25(20)39-4/h11-12,14,16-17H,3,5-10,13H2,1-2,4H3,(H,30,33)/b15-11+,28-19?. The van der Waals surface area contributed by atoms with Crippen LogP contribution in [0.2, 0.25) is 0 Å². The third-order valence-corrected chi connectivity index (χ3v) is 9.00. The number of nitrogens with one attached hydrogen (secondary N) is 1. The SMILES string of the molecule is C=NC(CNc1nc2cnc(-c3c(OC)ncnc3C3CC3)nc2n(C2CCC2)c1=O)=N/C=C(\C)S(=O)(=O)CC. The fourth-order valence-corrected chi connectivity index (χ4v) is 5.08. The first-order valence-corrected chi connectivity index (χ1v) is 14.8. The number of sulfone groups is 1. The fraction of sp³-hybridized carbons (Fsp3) is 0.462. The minimum Gasteiger partial charge on any atom is -0.480 e. The number of amidine groups is 1. The van der Waals surface area contributed by atoms with E-state index in [1.807, 2.05) is 0 Å². The van der Waals surface area contributed by atoms with E-state index in [9.17, 15) is 13.2 Å². The van der Waals surface area contributed by atoms with Crippen LogP contribution in [0.4, 0.5) is 5.82 Å². The highest BCUT2D eigenvalue weighted by atomic mass is 32.2. The van der Waals surface area contributed by atoms with Crippen molar-refractivity contribution >= 4 is 39.4 Å². The number of anilines is 1. The van der Waals surface area contributed by atoms with E-state index in [-0.39, 0.29) is 40.5 Å². The summed E-state index contributed by atoms with van der Waals surface area (Å²) in [4.78, 5) is 44.4. The molecule has 3 aromatic heterocycles. The van der Waals surface area contributed by atoms with Crippen LogP contribution in [0.25, 0.3) is 22.6 Å². The zero-order chi connectivity index (χ0) is 28.4. The van der Waals surface area contributed by atoms with Gasteiger partial charge in [-0.05, 0) is 45.7 Å². The molecule has 0 aliphatic heterocycles. The quantitative estimate of drug-likeness (QED) is 0.285. The highest BCUT2D eigenvalue weighted by Gasteiger charge is 2.32. The van der Waals surface area contributed by atoms with Crippen molar-refractivity contribution in [2.45, 2.75) is 57.9 Å². The maximum absolute atomic E-state index is 13.7. The molecule has 0 saturated heterocycles. The molecule has 1 N–H and O–H groups in total. The van der Waals surface area contributed by atoms with Crippen LogP contribution >= 0.6 is 0 Å². The Balaban J connectivity index is 1.53. The van der Waals surface area contributed by atoms with Gasteiger partial charge in [-0.2, -0.15) is 0 Å². The van der Waals surface area contributed by atoms with Gasteiger partial charge in [-0.25, -0.2) is 43.3 Å². The second-order valence-electron chi connectivity index (χ2n) is 9.74. The smallest absolute Gasteiger partial charge is 0.295 e. The van der Waals surface area contributed by atoms with Crippen LogP contribution in [0.5, 0.6) is 5.88 Å². The molecule has 0 atom stereocenters. The van der Waals surface area contributed by atoms with Gasteiger partial charge in [0.15, 0.2) is 27.1 Å². The van der Waals surface area contributed by atoms with Gasteiger partial charge in [-0.3, -0.25) is 9.36 Å². The van der Waals surface area contributed by atoms with Crippen LogP contribution < -0.4 is 15.6 Å². The zero-order valence-electron chi connectivity index (χ0n) is 22.7. The summed E-state index contributed by atoms with van der Waals surface area (Å²) in [5.41, 5.74) is 2.02. The fourth-order valence-electron chi connectivity index (χ4n) is 4.41. The Bertz CT molecular complexity index is 1690. The third-order valence-electron chi connectivity index (χ3n) is 7.16. The Kier molecular flexibility index (Phi) is 7.70. The Labute approximate surface area is 231 Å². The third kappa shape index (κ3) is 5.35. The highest BCUT2D eigenvalue weighted by Crippen LogP contribution is 2.45. The summed E-state index contributed by atoms with van der Waals surface area (Å²) < 4.78 is 31.2. The van der Waals surface area contributed by atoms with Crippen molar-refractivity contribution in [2.75, 3.05) is 24.7 Å². The van der Waals surface area contributed by atoms with Gasteiger partial charge in [-0.15, -0.1) is 0 Å². The maximum Gasteiger partial charge on any atom is 0.295 e. The van der Waals surface area contributed by atoms with Crippen LogP contribution in [0.15, 0.2) is 38.4 Å². The Morgan fingerprint density at radius 3 is 2.62 bits per heavy atom. The molecule has 0 amide bonds. The lowest BCUT2D eigenvalue weighted by Crippen LogP contribution is -2.33. The van der Waals surface area contributed by atoms with Crippen LogP contribution in [-0.4, -0.2) is 69.9 Å². The Morgan fingerprint density at radius 2 is 2.00 bits per heavy atom. The molecular formula is C26H31N9O4S. The number of ether oxygens (including phenoxy) is 1. The first-order chi connectivity index (χ1) is 19.3. The van der Waals surface area contributed by atoms with Gasteiger partial charge in [0.1, 0.15) is 23.2 Å². The van der Waals surface area contributed by atoms with E-state index in [1.165, 1.54) is 19.5 Å². The molecule has 2 fully saturated rings. The molecule has 5 rings (SSSR count). The molecule has 0 spiro atoms. The predicted octanol–water partition coefficient (Wildman–Crippen LogP) is 3.06. The monoisotopic (exact) mass is 565 g/mol. The van der Waals surface area contributed by atoms with Crippen molar-refractivity contribution in [3.63, 3.8) is 0 Å². The molecule has 3 aromatic rings. The maximum atomic E-state index is 13.7. The normalized spacial score (nSPS) is 16.6. The van der Waals surface area contributed by atoms with E-state index in [0.29, 0.717) is 34.3 Å². The van der Waals surface area contributed by atoms with Gasteiger partial charge in [0.2, 0.25) is 5.88 Å². The number of hydrogen-bond donors (Lipinski definition) is 1. The topological polar surface area (TPSA) is 167 Å². The Morgan fingerprint density at radius 1 is 1.23 bits per heavy atom. The summed E-state index contributed by atoms with van der Waals surface area (Å²) in [6.07, 6.45) is 9.06. The summed E-state index contributed by atoms with van der Waals surface area (Å²) >= 11 is 0. The first kappa shape index (κ1) is 27.5. The van der Waals surface area contributed by atoms with E-state index in [0.717, 1.165) is 37.8 Å². The Hall–Kier alpha value is -4.07. The van der Waals surface area contributed by atoms with Crippen LogP contribution in [0.1, 0.15) is 63.6 Å². The van der Waals surface area contributed by atoms with Crippen molar-refractivity contribution in [2.24, 2.45) is 9.98 Å². The average Bonchev–Trinajstić information content (AvgIpc) is 3.78. The molecule has 2 aliphatic rings. The highest BCUT2D eigenvalue weighted by molar-refractivity contribution is 7.95. The van der Waals surface area contributed by atoms with Gasteiger partial charge in [-0.1, -0.05) is 6.92 Å². The summed E-state index contributed by atoms with van der Waals surface area (Å²) in [5, 5.41) is 2.99. The molecular weight excluding hydrogens is 534 g/mol. The molecule has 210 valence electrons. The summed E-state index contributed by atoms with van der Waals surface area (Å²) in [5.74, 6) is 1.35. The largest absolute Gasteiger partial charge is 0.480 e. The van der Waals surface area contributed by atoms with Crippen molar-refractivity contribution in [3.05, 3.63) is 39.7 Å². The van der Waals surface area contributed by atoms with Gasteiger partial charge >= 0.3 is 0 Å². The zero-order valence-corrected chi connectivity index (χ0v) is 23.5. The minimum atomic E-state index is -3.37. The first-order valence-electron chi connectivity index (χ1n) is 13.1. The van der Waals surface area contributed by atoms with E-state index in [2.05, 4.69) is 42.0 Å². The van der Waals surface area contributed by atoms with Gasteiger partial charge < -0.3 is 10.1 Å². The van der Waals surface area contributed by atoms with E-state index in [4.69, 9.17) is 9.72 Å². The molecule has 0 unspecified atom stereocenters. The molecule has 13 nitrogen and oxygen atoms in total. The number of aromatic nitrogens is 6. The number of fused-ring (bicyclic) bond motifs is 1. The number of nitrogens with zero attached hydrogens (tertiary/aromatic N) is 8. The number of hydrogen-bond acceptors (Lipinski definition) is 11. The van der Waals surface area contributed by atoms with Crippen LogP contribution in [0, 0.1) is 0 Å². The molecule has 40 heavy (non-hydrogen) atoms. The minimum absolute atomic E-state index is 0.0140. The second-order valence-corrected chi connectivity index (χ2v) is 12.2. The lowest BCUT2D eigenvalue weighted by atomic mass is 9.93. The lowest BCUT2D eigenvalue weighted by Gasteiger charge is -2.28. The van der Waals surface area contributed by atoms with Gasteiger partial charge in [0.05, 0.1) is 36.2 Å². The number of allylic oxidation sites excluding steroid dienone is 1. The predicted molar refractivity (Wildman–Crippen MR) is 153 cm³/mol. The summed E-state index contributed by atoms with van der Waals surface area (Å²) in [7, 11) is -1.82. The second kappa shape index (κ2) is 11.2. The number of methoxy groups -OCH3 is 1. The molecule has 0 radical (unpaired) electrons. The van der Waals surface area contributed by atoms with Crippen LogP contribution in [0.3, 0.4) is 0 Å². The number of aliphatic imine (C=N–C) groups is 2.